The predicted octanol–water partition coefficient (Wildman–Crippen LogP) is 1.97. The molecule has 1 unspecified atom stereocenters. The van der Waals surface area contributed by atoms with E-state index < -0.39 is 5.60 Å². The van der Waals surface area contributed by atoms with Crippen LogP contribution < -0.4 is 5.73 Å². The third kappa shape index (κ3) is 3.60. The second kappa shape index (κ2) is 5.66. The maximum absolute atomic E-state index is 12.3. The molecule has 1 aromatic rings. The van der Waals surface area contributed by atoms with Crippen molar-refractivity contribution < 1.29 is 14.3 Å². The van der Waals surface area contributed by atoms with Crippen LogP contribution in [-0.2, 0) is 9.47 Å². The van der Waals surface area contributed by atoms with E-state index in [4.69, 9.17) is 15.2 Å². The van der Waals surface area contributed by atoms with E-state index in [1.807, 2.05) is 26.8 Å². The molecule has 1 aliphatic heterocycles. The summed E-state index contributed by atoms with van der Waals surface area (Å²) < 4.78 is 10.9. The first-order valence-electron chi connectivity index (χ1n) is 6.65. The Morgan fingerprint density at radius 3 is 2.85 bits per heavy atom. The number of rotatable bonds is 1. The van der Waals surface area contributed by atoms with Crippen LogP contribution in [0.15, 0.2) is 18.3 Å². The lowest BCUT2D eigenvalue weighted by Gasteiger charge is -2.36. The normalized spacial score (nSPS) is 19.8. The van der Waals surface area contributed by atoms with Crippen LogP contribution in [0.25, 0.3) is 0 Å². The summed E-state index contributed by atoms with van der Waals surface area (Å²) in [7, 11) is 0. The molecule has 0 spiro atoms. The summed E-state index contributed by atoms with van der Waals surface area (Å²) in [6, 6.07) is 3.34. The second-order valence-electron chi connectivity index (χ2n) is 5.78. The standard InChI is InChI=1S/C14H21N3O3/c1-14(2,3)20-13(18)17-6-7-19-9-12(17)11-5-4-10(15)8-16-11/h4-5,8,12H,6-7,9,15H2,1-3H3. The average molecular weight is 279 g/mol. The van der Waals surface area contributed by atoms with Gasteiger partial charge in [-0.3, -0.25) is 9.88 Å². The summed E-state index contributed by atoms with van der Waals surface area (Å²) >= 11 is 0. The molecule has 6 heteroatoms. The highest BCUT2D eigenvalue weighted by atomic mass is 16.6. The van der Waals surface area contributed by atoms with Gasteiger partial charge < -0.3 is 15.2 Å². The molecule has 6 nitrogen and oxygen atoms in total. The van der Waals surface area contributed by atoms with E-state index in [-0.39, 0.29) is 12.1 Å². The quantitative estimate of drug-likeness (QED) is 0.850. The fraction of sp³-hybridized carbons (Fsp3) is 0.571. The lowest BCUT2D eigenvalue weighted by molar-refractivity contribution is -0.0340. The fourth-order valence-corrected chi connectivity index (χ4v) is 2.00. The monoisotopic (exact) mass is 279 g/mol. The van der Waals surface area contributed by atoms with Crippen molar-refractivity contribution in [2.75, 3.05) is 25.5 Å². The summed E-state index contributed by atoms with van der Waals surface area (Å²) in [5.74, 6) is 0. The smallest absolute Gasteiger partial charge is 0.411 e. The molecule has 1 saturated heterocycles. The van der Waals surface area contributed by atoms with Crippen molar-refractivity contribution in [3.8, 4) is 0 Å². The molecule has 1 atom stereocenters. The van der Waals surface area contributed by atoms with Crippen molar-refractivity contribution in [3.05, 3.63) is 24.0 Å². The van der Waals surface area contributed by atoms with Gasteiger partial charge in [-0.1, -0.05) is 0 Å². The van der Waals surface area contributed by atoms with E-state index in [0.717, 1.165) is 5.69 Å². The molecule has 20 heavy (non-hydrogen) atoms. The molecule has 0 radical (unpaired) electrons. The van der Waals surface area contributed by atoms with Crippen LogP contribution in [0.1, 0.15) is 32.5 Å². The van der Waals surface area contributed by atoms with Crippen LogP contribution in [0.2, 0.25) is 0 Å². The SMILES string of the molecule is CC(C)(C)OC(=O)N1CCOCC1c1ccc(N)cn1. The predicted molar refractivity (Wildman–Crippen MR) is 75.1 cm³/mol. The number of nitrogens with two attached hydrogens (primary N) is 1. The van der Waals surface area contributed by atoms with Crippen molar-refractivity contribution in [2.24, 2.45) is 0 Å². The highest BCUT2D eigenvalue weighted by Gasteiger charge is 2.32. The van der Waals surface area contributed by atoms with E-state index >= 15 is 0 Å². The molecule has 0 bridgehead atoms. The number of amides is 1. The molecule has 1 amide bonds. The van der Waals surface area contributed by atoms with Gasteiger partial charge in [-0.05, 0) is 32.9 Å². The minimum atomic E-state index is -0.519. The Balaban J connectivity index is 2.16. The number of carbonyl (C=O) groups excluding carboxylic acids is 1. The Kier molecular flexibility index (Phi) is 4.13. The van der Waals surface area contributed by atoms with Crippen molar-refractivity contribution in [3.63, 3.8) is 0 Å². The maximum atomic E-state index is 12.3. The van der Waals surface area contributed by atoms with Crippen LogP contribution in [0.5, 0.6) is 0 Å². The van der Waals surface area contributed by atoms with Gasteiger partial charge in [0.05, 0.1) is 30.8 Å². The maximum Gasteiger partial charge on any atom is 0.411 e. The summed E-state index contributed by atoms with van der Waals surface area (Å²) in [6.45, 7) is 6.96. The number of aromatic nitrogens is 1. The van der Waals surface area contributed by atoms with Crippen LogP contribution in [0.3, 0.4) is 0 Å². The zero-order valence-electron chi connectivity index (χ0n) is 12.1. The van der Waals surface area contributed by atoms with E-state index in [9.17, 15) is 4.79 Å². The average Bonchev–Trinajstić information content (AvgIpc) is 2.38. The Labute approximate surface area is 118 Å². The Morgan fingerprint density at radius 1 is 1.50 bits per heavy atom. The first-order chi connectivity index (χ1) is 9.37. The molecule has 0 aliphatic carbocycles. The number of ether oxygens (including phenoxy) is 2. The summed E-state index contributed by atoms with van der Waals surface area (Å²) in [4.78, 5) is 18.2. The van der Waals surface area contributed by atoms with Crippen molar-refractivity contribution in [2.45, 2.75) is 32.4 Å². The van der Waals surface area contributed by atoms with Crippen LogP contribution >= 0.6 is 0 Å². The van der Waals surface area contributed by atoms with Gasteiger partial charge in [0.1, 0.15) is 11.6 Å². The van der Waals surface area contributed by atoms with E-state index in [0.29, 0.717) is 25.4 Å². The number of hydrogen-bond donors (Lipinski definition) is 1. The van der Waals surface area contributed by atoms with Crippen LogP contribution in [0, 0.1) is 0 Å². The molecular weight excluding hydrogens is 258 g/mol. The second-order valence-corrected chi connectivity index (χ2v) is 5.78. The number of anilines is 1. The third-order valence-corrected chi connectivity index (χ3v) is 2.91. The molecule has 2 N–H and O–H groups in total. The van der Waals surface area contributed by atoms with E-state index in [1.54, 1.807) is 17.2 Å². The molecule has 1 aromatic heterocycles. The Morgan fingerprint density at radius 2 is 2.25 bits per heavy atom. The molecule has 110 valence electrons. The van der Waals surface area contributed by atoms with Gasteiger partial charge in [0, 0.05) is 6.54 Å². The minimum Gasteiger partial charge on any atom is -0.444 e. The van der Waals surface area contributed by atoms with Gasteiger partial charge in [0.2, 0.25) is 0 Å². The number of pyridine rings is 1. The zero-order valence-corrected chi connectivity index (χ0v) is 12.1. The number of carbonyl (C=O) groups is 1. The lowest BCUT2D eigenvalue weighted by atomic mass is 10.1. The van der Waals surface area contributed by atoms with Crippen LogP contribution in [0.4, 0.5) is 10.5 Å². The van der Waals surface area contributed by atoms with Crippen molar-refractivity contribution in [1.29, 1.82) is 0 Å². The number of nitrogen functional groups attached to an aromatic ring is 1. The van der Waals surface area contributed by atoms with Gasteiger partial charge in [0.15, 0.2) is 0 Å². The summed E-state index contributed by atoms with van der Waals surface area (Å²) in [6.07, 6.45) is 1.24. The summed E-state index contributed by atoms with van der Waals surface area (Å²) in [5.41, 5.74) is 6.46. The van der Waals surface area contributed by atoms with E-state index in [2.05, 4.69) is 4.98 Å². The first-order valence-corrected chi connectivity index (χ1v) is 6.65. The first kappa shape index (κ1) is 14.6. The molecule has 0 saturated carbocycles. The van der Waals surface area contributed by atoms with Crippen molar-refractivity contribution >= 4 is 11.8 Å². The summed E-state index contributed by atoms with van der Waals surface area (Å²) in [5, 5.41) is 0. The zero-order chi connectivity index (χ0) is 14.8. The van der Waals surface area contributed by atoms with Crippen molar-refractivity contribution in [1.82, 2.24) is 9.88 Å². The van der Waals surface area contributed by atoms with Gasteiger partial charge in [-0.15, -0.1) is 0 Å². The highest BCUT2D eigenvalue weighted by molar-refractivity contribution is 5.69. The number of nitrogens with zero attached hydrogens (tertiary/aromatic N) is 2. The minimum absolute atomic E-state index is 0.237. The molecule has 1 fully saturated rings. The third-order valence-electron chi connectivity index (χ3n) is 2.91. The fourth-order valence-electron chi connectivity index (χ4n) is 2.00. The van der Waals surface area contributed by atoms with Crippen LogP contribution in [-0.4, -0.2) is 41.3 Å². The molecule has 2 heterocycles. The topological polar surface area (TPSA) is 77.7 Å². The van der Waals surface area contributed by atoms with Gasteiger partial charge in [-0.25, -0.2) is 4.79 Å². The number of hydrogen-bond acceptors (Lipinski definition) is 5. The lowest BCUT2D eigenvalue weighted by Crippen LogP contribution is -2.45. The number of morpholine rings is 1. The molecular formula is C14H21N3O3. The largest absolute Gasteiger partial charge is 0.444 e. The van der Waals surface area contributed by atoms with Gasteiger partial charge in [0.25, 0.3) is 0 Å². The highest BCUT2D eigenvalue weighted by Crippen LogP contribution is 2.25. The molecule has 0 aromatic carbocycles. The van der Waals surface area contributed by atoms with Gasteiger partial charge in [-0.2, -0.15) is 0 Å². The Bertz CT molecular complexity index is 468. The molecule has 1 aliphatic rings. The molecule has 2 rings (SSSR count). The van der Waals surface area contributed by atoms with E-state index in [1.165, 1.54) is 0 Å². The van der Waals surface area contributed by atoms with Gasteiger partial charge >= 0.3 is 6.09 Å². The Hall–Kier alpha value is -1.82.